The Balaban J connectivity index is 1.96. The highest BCUT2D eigenvalue weighted by Crippen LogP contribution is 2.34. The Morgan fingerprint density at radius 2 is 1.91 bits per heavy atom. The molecule has 0 bridgehead atoms. The zero-order valence-electron chi connectivity index (χ0n) is 19.7. The lowest BCUT2D eigenvalue weighted by molar-refractivity contribution is -0.115. The van der Waals surface area contributed by atoms with Crippen LogP contribution in [0.3, 0.4) is 0 Å². The Kier molecular flexibility index (Phi) is 12.2. The Morgan fingerprint density at radius 1 is 1.09 bits per heavy atom. The monoisotopic (exact) mass is 494 g/mol. The van der Waals surface area contributed by atoms with Gasteiger partial charge in [-0.15, -0.1) is 35.3 Å². The average molecular weight is 495 g/mol. The van der Waals surface area contributed by atoms with Gasteiger partial charge in [0.2, 0.25) is 5.91 Å². The van der Waals surface area contributed by atoms with Crippen LogP contribution in [0.2, 0.25) is 0 Å². The van der Waals surface area contributed by atoms with Gasteiger partial charge in [-0.1, -0.05) is 32.3 Å². The van der Waals surface area contributed by atoms with E-state index in [0.29, 0.717) is 17.4 Å². The summed E-state index contributed by atoms with van der Waals surface area (Å²) in [6.07, 6.45) is 9.26. The molecule has 2 rings (SSSR count). The van der Waals surface area contributed by atoms with E-state index in [1.807, 2.05) is 43.7 Å². The van der Waals surface area contributed by atoms with Crippen molar-refractivity contribution in [1.29, 1.82) is 0 Å². The molecule has 0 unspecified atom stereocenters. The lowest BCUT2D eigenvalue weighted by Gasteiger charge is -2.15. The van der Waals surface area contributed by atoms with Crippen LogP contribution in [0.4, 0.5) is 5.69 Å². The number of anilines is 1. The van der Waals surface area contributed by atoms with Crippen LogP contribution in [0.5, 0.6) is 11.5 Å². The third kappa shape index (κ3) is 8.45. The number of amides is 1. The number of ether oxygens (including phenoxy) is 2. The predicted octanol–water partition coefficient (Wildman–Crippen LogP) is 6.67. The molecule has 0 aliphatic rings. The Morgan fingerprint density at radius 3 is 2.59 bits per heavy atom. The fourth-order valence-corrected chi connectivity index (χ4v) is 5.19. The summed E-state index contributed by atoms with van der Waals surface area (Å²) >= 11 is 4.93. The van der Waals surface area contributed by atoms with E-state index < -0.39 is 0 Å². The van der Waals surface area contributed by atoms with Crippen molar-refractivity contribution in [1.82, 2.24) is 4.98 Å². The van der Waals surface area contributed by atoms with Crippen molar-refractivity contribution in [3.05, 3.63) is 35.5 Å². The number of aromatic nitrogens is 1. The first-order valence-electron chi connectivity index (χ1n) is 10.8. The molecule has 0 spiro atoms. The minimum atomic E-state index is -0.0837. The minimum Gasteiger partial charge on any atom is -0.493 e. The zero-order chi connectivity index (χ0) is 23.3. The van der Waals surface area contributed by atoms with E-state index in [-0.39, 0.29) is 12.3 Å². The summed E-state index contributed by atoms with van der Waals surface area (Å²) in [6, 6.07) is 7.67. The van der Waals surface area contributed by atoms with E-state index in [1.54, 1.807) is 30.6 Å². The molecule has 0 aliphatic carbocycles. The van der Waals surface area contributed by atoms with Crippen LogP contribution >= 0.6 is 35.3 Å². The Bertz CT molecular complexity index is 853. The molecule has 1 N–H and O–H groups in total. The molecule has 1 amide bonds. The molecule has 1 aromatic heterocycles. The van der Waals surface area contributed by atoms with Crippen molar-refractivity contribution in [3.63, 3.8) is 0 Å². The van der Waals surface area contributed by atoms with Crippen LogP contribution in [0.1, 0.15) is 43.9 Å². The molecule has 8 heteroatoms. The molecule has 2 aromatic rings. The highest BCUT2D eigenvalue weighted by molar-refractivity contribution is 7.99. The summed E-state index contributed by atoms with van der Waals surface area (Å²) in [5, 5.41) is 3.88. The van der Waals surface area contributed by atoms with Gasteiger partial charge in [0.1, 0.15) is 11.0 Å². The topological polar surface area (TPSA) is 60.5 Å². The summed E-state index contributed by atoms with van der Waals surface area (Å²) in [5.41, 5.74) is 2.59. The van der Waals surface area contributed by atoms with Crippen molar-refractivity contribution >= 4 is 46.9 Å². The van der Waals surface area contributed by atoms with Gasteiger partial charge in [0, 0.05) is 10.6 Å². The highest BCUT2D eigenvalue weighted by atomic mass is 32.2. The number of aryl methyl sites for hydroxylation is 1. The number of nitrogens with zero attached hydrogens (tertiary/aromatic N) is 1. The fraction of sp³-hybridized carbons (Fsp3) is 0.500. The second-order valence-corrected chi connectivity index (χ2v) is 9.99. The van der Waals surface area contributed by atoms with Gasteiger partial charge in [0.05, 0.1) is 19.2 Å². The van der Waals surface area contributed by atoms with E-state index in [4.69, 9.17) is 9.47 Å². The standard InChI is InChI=1S/C24H34N2O3S3/c1-6-7-8-9-12-32-16-29-19-11-10-18(14-20(19)28-3)15-22(27)26-23-21(30-4)13-17(2)25-24(23)31-5/h10-11,13-14H,6-9,12,15-16H2,1-5H3,(H,26,27). The summed E-state index contributed by atoms with van der Waals surface area (Å²) < 4.78 is 11.4. The number of hydrogen-bond donors (Lipinski definition) is 1. The van der Waals surface area contributed by atoms with Crippen LogP contribution in [-0.2, 0) is 11.2 Å². The van der Waals surface area contributed by atoms with Gasteiger partial charge in [0.15, 0.2) is 11.5 Å². The number of pyridine rings is 1. The van der Waals surface area contributed by atoms with E-state index in [9.17, 15) is 4.79 Å². The number of carbonyl (C=O) groups is 1. The molecule has 0 aliphatic heterocycles. The van der Waals surface area contributed by atoms with Gasteiger partial charge >= 0.3 is 0 Å². The summed E-state index contributed by atoms with van der Waals surface area (Å²) in [4.78, 5) is 18.3. The van der Waals surface area contributed by atoms with Crippen LogP contribution in [-0.4, -0.2) is 42.2 Å². The number of carbonyl (C=O) groups excluding carboxylic acids is 1. The van der Waals surface area contributed by atoms with Crippen LogP contribution in [0.25, 0.3) is 0 Å². The maximum Gasteiger partial charge on any atom is 0.228 e. The number of hydrogen-bond acceptors (Lipinski definition) is 7. The molecule has 1 heterocycles. The second-order valence-electron chi connectivity index (χ2n) is 7.29. The lowest BCUT2D eigenvalue weighted by Crippen LogP contribution is -2.16. The highest BCUT2D eigenvalue weighted by Gasteiger charge is 2.15. The van der Waals surface area contributed by atoms with Gasteiger partial charge in [-0.25, -0.2) is 4.98 Å². The summed E-state index contributed by atoms with van der Waals surface area (Å²) in [6.45, 7) is 4.18. The molecular formula is C24H34N2O3S3. The average Bonchev–Trinajstić information content (AvgIpc) is 2.79. The second kappa shape index (κ2) is 14.6. The largest absolute Gasteiger partial charge is 0.493 e. The van der Waals surface area contributed by atoms with Gasteiger partial charge in [0.25, 0.3) is 0 Å². The first-order valence-corrected chi connectivity index (χ1v) is 14.4. The Hall–Kier alpha value is -1.51. The quantitative estimate of drug-likeness (QED) is 0.179. The van der Waals surface area contributed by atoms with Crippen molar-refractivity contribution in [2.24, 2.45) is 0 Å². The number of rotatable bonds is 14. The molecule has 0 radical (unpaired) electrons. The van der Waals surface area contributed by atoms with Gasteiger partial charge < -0.3 is 14.8 Å². The number of thioether (sulfide) groups is 3. The first-order chi connectivity index (χ1) is 15.5. The zero-order valence-corrected chi connectivity index (χ0v) is 22.1. The molecule has 0 saturated carbocycles. The van der Waals surface area contributed by atoms with E-state index >= 15 is 0 Å². The van der Waals surface area contributed by atoms with Gasteiger partial charge in [-0.2, -0.15) is 0 Å². The summed E-state index contributed by atoms with van der Waals surface area (Å²) in [7, 11) is 1.62. The van der Waals surface area contributed by atoms with E-state index in [2.05, 4.69) is 17.2 Å². The third-order valence-electron chi connectivity index (χ3n) is 4.79. The maximum atomic E-state index is 12.8. The lowest BCUT2D eigenvalue weighted by atomic mass is 10.1. The van der Waals surface area contributed by atoms with Crippen molar-refractivity contribution in [2.75, 3.05) is 36.6 Å². The molecule has 1 aromatic carbocycles. The van der Waals surface area contributed by atoms with E-state index in [1.165, 1.54) is 37.4 Å². The third-order valence-corrected chi connectivity index (χ3v) is 7.09. The molecule has 5 nitrogen and oxygen atoms in total. The van der Waals surface area contributed by atoms with Crippen molar-refractivity contribution in [3.8, 4) is 11.5 Å². The van der Waals surface area contributed by atoms with E-state index in [0.717, 1.165) is 32.6 Å². The predicted molar refractivity (Wildman–Crippen MR) is 140 cm³/mol. The molecular weight excluding hydrogens is 460 g/mol. The van der Waals surface area contributed by atoms with Crippen molar-refractivity contribution < 1.29 is 14.3 Å². The number of nitrogens with one attached hydrogen (secondary N) is 1. The molecule has 32 heavy (non-hydrogen) atoms. The number of methoxy groups -OCH3 is 1. The fourth-order valence-electron chi connectivity index (χ4n) is 3.14. The minimum absolute atomic E-state index is 0.0837. The SMILES string of the molecule is CCCCCCSCOc1ccc(CC(=O)Nc2c(SC)cc(C)nc2SC)cc1OC. The maximum absolute atomic E-state index is 12.8. The van der Waals surface area contributed by atoms with Crippen LogP contribution < -0.4 is 14.8 Å². The Labute approximate surface area is 205 Å². The van der Waals surface area contributed by atoms with Gasteiger partial charge in [-0.05, 0) is 55.4 Å². The number of benzene rings is 1. The molecule has 176 valence electrons. The van der Waals surface area contributed by atoms with Crippen LogP contribution in [0, 0.1) is 6.92 Å². The molecule has 0 fully saturated rings. The molecule has 0 saturated heterocycles. The first kappa shape index (κ1) is 26.7. The normalized spacial score (nSPS) is 10.8. The van der Waals surface area contributed by atoms with Crippen molar-refractivity contribution in [2.45, 2.75) is 55.9 Å². The molecule has 0 atom stereocenters. The van der Waals surface area contributed by atoms with Crippen LogP contribution in [0.15, 0.2) is 34.2 Å². The summed E-state index contributed by atoms with van der Waals surface area (Å²) in [5.74, 6) is 2.96. The smallest absolute Gasteiger partial charge is 0.228 e. The van der Waals surface area contributed by atoms with Gasteiger partial charge in [-0.3, -0.25) is 4.79 Å². The number of unbranched alkanes of at least 4 members (excludes halogenated alkanes) is 3.